The van der Waals surface area contributed by atoms with E-state index < -0.39 is 47.7 Å². The number of carbonyl (C=O) groups is 1. The molecule has 3 fully saturated rings. The number of H-pyrrole nitrogens is 1. The summed E-state index contributed by atoms with van der Waals surface area (Å²) in [6.07, 6.45) is 30.6. The van der Waals surface area contributed by atoms with Crippen molar-refractivity contribution in [3.05, 3.63) is 100 Å². The highest BCUT2D eigenvalue weighted by molar-refractivity contribution is 5.85. The molecule has 13 rings (SSSR count). The quantitative estimate of drug-likeness (QED) is 0.0602. The zero-order valence-electron chi connectivity index (χ0n) is 43.7. The van der Waals surface area contributed by atoms with Crippen LogP contribution >= 0.6 is 0 Å². The molecule has 11 heteroatoms. The van der Waals surface area contributed by atoms with E-state index in [1.807, 2.05) is 0 Å². The predicted molar refractivity (Wildman–Crippen MR) is 288 cm³/mol. The summed E-state index contributed by atoms with van der Waals surface area (Å²) < 4.78 is 15.7. The molecule has 2 aromatic carbocycles. The van der Waals surface area contributed by atoms with Gasteiger partial charge in [0.05, 0.1) is 35.2 Å². The van der Waals surface area contributed by atoms with Gasteiger partial charge in [-0.05, 0) is 138 Å². The highest BCUT2D eigenvalue weighted by Crippen LogP contribution is 2.64. The van der Waals surface area contributed by atoms with Crippen LogP contribution in [0, 0.1) is 70.2 Å². The number of allylic oxidation sites excluding steroid dienone is 3. The molecular weight excluding hydrogens is 937 g/mol. The smallest absolute Gasteiger partial charge is 0.191 e. The Bertz CT molecular complexity index is 3060. The van der Waals surface area contributed by atoms with E-state index in [1.54, 1.807) is 12.1 Å². The molecule has 3 saturated carbocycles. The summed E-state index contributed by atoms with van der Waals surface area (Å²) in [5.41, 5.74) is 14.6. The van der Waals surface area contributed by atoms with Crippen LogP contribution in [-0.2, 0) is 11.2 Å². The lowest BCUT2D eigenvalue weighted by molar-refractivity contribution is -0.129. The van der Waals surface area contributed by atoms with E-state index in [0.29, 0.717) is 47.8 Å². The first-order valence-electron chi connectivity index (χ1n) is 29.1. The molecule has 8 N–H and O–H groups in total. The number of carbonyl (C=O) groups excluding carboxylic acids is 1. The zero-order valence-corrected chi connectivity index (χ0v) is 43.7. The van der Waals surface area contributed by atoms with Crippen LogP contribution in [0.25, 0.3) is 10.9 Å². The summed E-state index contributed by atoms with van der Waals surface area (Å²) in [7, 11) is 0. The standard InChI is InChI=1S/C64H76N4O7/c1-2-3-4-13-43(60(73)46-28-38-15-14-37-11-5-6-12-41(37)45(38)30-54(46)72)52(70)20-16-39-29-56-55(31-53(39)71)74-27-26-63(22-7-8-23-63)49-19-21-51(69)42-17-18-44-57-40(33-67-61(44)65)32-64(24-9-10-25-64)59(58(42)57)47-34-66-50-36-68(35-48(47)50)62(49)75-56/h14-15,17-18,28-29,31,34-37,40-41,43,45-46,49,51,54,59-62,66-67,69,71-73H,2-13,16,20,22-25,30,32-33,65H2,1H3. The van der Waals surface area contributed by atoms with Gasteiger partial charge in [0, 0.05) is 60.8 Å². The Morgan fingerprint density at radius 3 is 2.61 bits per heavy atom. The number of hydrogen-bond acceptors (Lipinski definition) is 9. The molecule has 11 nitrogen and oxygen atoms in total. The fourth-order valence-electron chi connectivity index (χ4n) is 16.8. The van der Waals surface area contributed by atoms with Gasteiger partial charge in [-0.1, -0.05) is 113 Å². The minimum Gasteiger partial charge on any atom is -0.508 e. The molecule has 0 saturated heterocycles. The second-order valence-electron chi connectivity index (χ2n) is 24.6. The van der Waals surface area contributed by atoms with E-state index in [-0.39, 0.29) is 47.6 Å². The number of fused-ring (bicyclic) bond motifs is 10. The van der Waals surface area contributed by atoms with E-state index in [1.165, 1.54) is 60.8 Å². The fraction of sp³-hybridized carbons (Fsp3) is 0.578. The van der Waals surface area contributed by atoms with Crippen LogP contribution in [-0.4, -0.2) is 54.5 Å². The van der Waals surface area contributed by atoms with E-state index in [4.69, 9.17) is 15.2 Å². The van der Waals surface area contributed by atoms with Crippen molar-refractivity contribution in [1.29, 1.82) is 0 Å². The number of rotatable bonds is 10. The van der Waals surface area contributed by atoms with Crippen molar-refractivity contribution in [2.24, 2.45) is 52.1 Å². The van der Waals surface area contributed by atoms with Gasteiger partial charge in [0.15, 0.2) is 17.7 Å². The van der Waals surface area contributed by atoms with Crippen molar-refractivity contribution in [1.82, 2.24) is 14.9 Å². The zero-order chi connectivity index (χ0) is 51.2. The Kier molecular flexibility index (Phi) is 12.9. The van der Waals surface area contributed by atoms with Crippen molar-refractivity contribution in [2.45, 2.75) is 178 Å². The number of phenolic OH excluding ortho intramolecular Hbond substituents is 1. The van der Waals surface area contributed by atoms with Gasteiger partial charge in [-0.3, -0.25) is 10.1 Å². The molecule has 6 aliphatic carbocycles. The number of hydrogen-bond donors (Lipinski definition) is 7. The van der Waals surface area contributed by atoms with Gasteiger partial charge < -0.3 is 45.2 Å². The van der Waals surface area contributed by atoms with Gasteiger partial charge >= 0.3 is 0 Å². The first kappa shape index (κ1) is 49.3. The first-order valence-corrected chi connectivity index (χ1v) is 29.1. The van der Waals surface area contributed by atoms with E-state index >= 15 is 0 Å². The molecule has 13 unspecified atom stereocenters. The van der Waals surface area contributed by atoms with Crippen LogP contribution in [0.5, 0.6) is 17.2 Å². The van der Waals surface area contributed by atoms with Gasteiger partial charge in [0.2, 0.25) is 0 Å². The molecule has 0 amide bonds. The number of nitrogens with one attached hydrogen (secondary N) is 2. The van der Waals surface area contributed by atoms with Gasteiger partial charge in [0.1, 0.15) is 23.7 Å². The Hall–Kier alpha value is -5.27. The van der Waals surface area contributed by atoms with Crippen LogP contribution in [0.2, 0.25) is 0 Å². The van der Waals surface area contributed by atoms with Gasteiger partial charge in [-0.25, -0.2) is 0 Å². The summed E-state index contributed by atoms with van der Waals surface area (Å²) >= 11 is 0. The summed E-state index contributed by atoms with van der Waals surface area (Å²) in [5.74, 6) is 11.2. The topological polar surface area (TPSA) is 175 Å². The lowest BCUT2D eigenvalue weighted by Crippen LogP contribution is -2.45. The van der Waals surface area contributed by atoms with Crippen LogP contribution in [0.15, 0.2) is 66.7 Å². The maximum Gasteiger partial charge on any atom is 0.191 e. The number of phenols is 1. The normalized spacial score (nSPS) is 32.1. The summed E-state index contributed by atoms with van der Waals surface area (Å²) in [5, 5.41) is 53.0. The molecule has 3 aliphatic heterocycles. The molecular formula is C64H76N4O7. The number of aliphatic hydroxyl groups is 3. The summed E-state index contributed by atoms with van der Waals surface area (Å²) in [6.45, 7) is 2.95. The maximum atomic E-state index is 14.6. The van der Waals surface area contributed by atoms with Gasteiger partial charge in [-0.2, -0.15) is 0 Å². The molecule has 2 spiro atoms. The third-order valence-corrected chi connectivity index (χ3v) is 20.5. The number of aromatic amines is 1. The number of nitrogens with zero attached hydrogens (tertiary/aromatic N) is 1. The van der Waals surface area contributed by atoms with Crippen molar-refractivity contribution >= 4 is 16.7 Å². The van der Waals surface area contributed by atoms with E-state index in [2.05, 4.69) is 94.6 Å². The number of benzene rings is 2. The van der Waals surface area contributed by atoms with Crippen LogP contribution < -0.4 is 20.5 Å². The number of aromatic hydroxyl groups is 1. The molecule has 2 bridgehead atoms. The second kappa shape index (κ2) is 19.6. The number of ketones is 1. The SMILES string of the molecule is CCCCCC(C(=O)CCc1cc2c(cc1O)OC#CC1(CCCC1)C1C#CC(O)c3ccc4c5c3C(c3c[nH]c6cn(cc36)C1O2)C1(CCCC1)CC5CNC4N)C(O)C1C=C2C=CC3CCCCC3C2CC1O. The number of aromatic nitrogens is 2. The fourth-order valence-corrected chi connectivity index (χ4v) is 16.8. The minimum absolute atomic E-state index is 0.0106. The van der Waals surface area contributed by atoms with Gasteiger partial charge in [-0.15, -0.1) is 0 Å². The van der Waals surface area contributed by atoms with Crippen LogP contribution in [0.4, 0.5) is 0 Å². The van der Waals surface area contributed by atoms with E-state index in [9.17, 15) is 25.2 Å². The number of nitrogens with two attached hydrogens (primary N) is 1. The average Bonchev–Trinajstić information content (AvgIpc) is 4.25. The monoisotopic (exact) mass is 1010 g/mol. The second-order valence-corrected chi connectivity index (χ2v) is 24.6. The largest absolute Gasteiger partial charge is 0.508 e. The molecule has 9 aliphatic rings. The average molecular weight is 1010 g/mol. The lowest BCUT2D eigenvalue weighted by atomic mass is 9.55. The molecule has 2 aromatic heterocycles. The predicted octanol–water partition coefficient (Wildman–Crippen LogP) is 10.9. The summed E-state index contributed by atoms with van der Waals surface area (Å²) in [4.78, 5) is 18.3. The first-order chi connectivity index (χ1) is 36.5. The highest BCUT2D eigenvalue weighted by atomic mass is 16.5. The van der Waals surface area contributed by atoms with Crippen LogP contribution in [0.3, 0.4) is 0 Å². The number of ether oxygens (including phenoxy) is 2. The Balaban J connectivity index is 0.851. The lowest BCUT2D eigenvalue weighted by Gasteiger charge is -2.50. The highest BCUT2D eigenvalue weighted by Gasteiger charge is 2.53. The van der Waals surface area contributed by atoms with Crippen molar-refractivity contribution < 1.29 is 34.7 Å². The molecule has 394 valence electrons. The Labute approximate surface area is 442 Å². The number of aryl methyl sites for hydroxylation is 1. The third kappa shape index (κ3) is 8.41. The van der Waals surface area contributed by atoms with Crippen molar-refractivity contribution in [3.63, 3.8) is 0 Å². The molecule has 4 aromatic rings. The number of aliphatic hydroxyl groups excluding tert-OH is 3. The number of unbranched alkanes of at least 4 members (excludes halogenated alkanes) is 2. The third-order valence-electron chi connectivity index (χ3n) is 20.5. The molecule has 13 atom stereocenters. The molecule has 5 heterocycles. The van der Waals surface area contributed by atoms with Crippen molar-refractivity contribution in [3.8, 4) is 41.1 Å². The summed E-state index contributed by atoms with van der Waals surface area (Å²) in [6, 6.07) is 7.54. The molecule has 75 heavy (non-hydrogen) atoms. The van der Waals surface area contributed by atoms with Gasteiger partial charge in [0.25, 0.3) is 0 Å². The minimum atomic E-state index is -1.07. The molecule has 0 radical (unpaired) electrons. The van der Waals surface area contributed by atoms with Crippen molar-refractivity contribution in [2.75, 3.05) is 6.54 Å². The number of Topliss-reactive ketones (excluding diaryl/α,β-unsaturated/α-hetero) is 1. The van der Waals surface area contributed by atoms with E-state index in [0.717, 1.165) is 92.8 Å². The van der Waals surface area contributed by atoms with Crippen LogP contribution in [0.1, 0.15) is 193 Å². The maximum absolute atomic E-state index is 14.6. The Morgan fingerprint density at radius 2 is 1.77 bits per heavy atom. The Morgan fingerprint density at radius 1 is 0.960 bits per heavy atom.